The first-order valence-corrected chi connectivity index (χ1v) is 7.79. The standard InChI is InChI=1S/C17H27FN2/c1-13(2)7-8-17(20-11-9-19-10-12-20)15-5-4-6-16(18)14(15)3/h4-6,13,17,19H,7-12H2,1-3H3/t17-/m0/s1. The largest absolute Gasteiger partial charge is 0.314 e. The third kappa shape index (κ3) is 3.80. The fourth-order valence-corrected chi connectivity index (χ4v) is 3.00. The molecule has 20 heavy (non-hydrogen) atoms. The molecule has 1 saturated heterocycles. The SMILES string of the molecule is Cc1c(F)cccc1[C@H](CCC(C)C)N1CCNCC1. The number of halogens is 1. The van der Waals surface area contributed by atoms with Crippen LogP contribution in [-0.2, 0) is 0 Å². The van der Waals surface area contributed by atoms with Gasteiger partial charge < -0.3 is 5.32 Å². The van der Waals surface area contributed by atoms with Crippen molar-refractivity contribution in [3.05, 3.63) is 35.1 Å². The molecule has 1 N–H and O–H groups in total. The summed E-state index contributed by atoms with van der Waals surface area (Å²) in [6.07, 6.45) is 2.30. The highest BCUT2D eigenvalue weighted by Crippen LogP contribution is 2.30. The minimum absolute atomic E-state index is 0.0767. The lowest BCUT2D eigenvalue weighted by atomic mass is 9.92. The van der Waals surface area contributed by atoms with Crippen LogP contribution in [0.4, 0.5) is 4.39 Å². The van der Waals surface area contributed by atoms with Gasteiger partial charge in [-0.1, -0.05) is 26.0 Å². The first-order chi connectivity index (χ1) is 9.59. The maximum Gasteiger partial charge on any atom is 0.126 e. The molecule has 3 heteroatoms. The fraction of sp³-hybridized carbons (Fsp3) is 0.647. The Morgan fingerprint density at radius 1 is 1.20 bits per heavy atom. The molecule has 1 heterocycles. The lowest BCUT2D eigenvalue weighted by Gasteiger charge is -2.36. The number of hydrogen-bond acceptors (Lipinski definition) is 2. The number of nitrogens with zero attached hydrogens (tertiary/aromatic N) is 1. The third-order valence-electron chi connectivity index (χ3n) is 4.28. The molecule has 0 radical (unpaired) electrons. The Labute approximate surface area is 122 Å². The Balaban J connectivity index is 2.22. The van der Waals surface area contributed by atoms with Gasteiger partial charge in [-0.05, 0) is 42.9 Å². The Kier molecular flexibility index (Phi) is 5.55. The van der Waals surface area contributed by atoms with Crippen molar-refractivity contribution in [2.75, 3.05) is 26.2 Å². The van der Waals surface area contributed by atoms with Crippen LogP contribution in [0.15, 0.2) is 18.2 Å². The number of hydrogen-bond donors (Lipinski definition) is 1. The van der Waals surface area contributed by atoms with E-state index in [1.54, 1.807) is 6.07 Å². The second kappa shape index (κ2) is 7.19. The van der Waals surface area contributed by atoms with Crippen LogP contribution in [0.1, 0.15) is 43.9 Å². The van der Waals surface area contributed by atoms with Gasteiger partial charge in [0.05, 0.1) is 0 Å². The van der Waals surface area contributed by atoms with Gasteiger partial charge in [0.2, 0.25) is 0 Å². The molecule has 0 unspecified atom stereocenters. The second-order valence-electron chi connectivity index (χ2n) is 6.23. The number of benzene rings is 1. The summed E-state index contributed by atoms with van der Waals surface area (Å²) in [6, 6.07) is 5.87. The zero-order valence-corrected chi connectivity index (χ0v) is 13.0. The van der Waals surface area contributed by atoms with Crippen LogP contribution in [0.3, 0.4) is 0 Å². The molecule has 112 valence electrons. The minimum Gasteiger partial charge on any atom is -0.314 e. The summed E-state index contributed by atoms with van der Waals surface area (Å²) >= 11 is 0. The Hall–Kier alpha value is -0.930. The monoisotopic (exact) mass is 278 g/mol. The summed E-state index contributed by atoms with van der Waals surface area (Å²) in [5.41, 5.74) is 1.99. The van der Waals surface area contributed by atoms with Crippen molar-refractivity contribution in [2.24, 2.45) is 5.92 Å². The normalized spacial score (nSPS) is 18.4. The van der Waals surface area contributed by atoms with Crippen LogP contribution < -0.4 is 5.32 Å². The molecule has 2 rings (SSSR count). The van der Waals surface area contributed by atoms with Crippen LogP contribution in [0.2, 0.25) is 0 Å². The van der Waals surface area contributed by atoms with Crippen molar-refractivity contribution >= 4 is 0 Å². The second-order valence-corrected chi connectivity index (χ2v) is 6.23. The summed E-state index contributed by atoms with van der Waals surface area (Å²) in [5.74, 6) is 0.612. The minimum atomic E-state index is -0.0767. The van der Waals surface area contributed by atoms with E-state index in [-0.39, 0.29) is 5.82 Å². The zero-order valence-electron chi connectivity index (χ0n) is 13.0. The summed E-state index contributed by atoms with van der Waals surface area (Å²) in [7, 11) is 0. The van der Waals surface area contributed by atoms with Crippen LogP contribution in [0.5, 0.6) is 0 Å². The average Bonchev–Trinajstić information content (AvgIpc) is 2.44. The van der Waals surface area contributed by atoms with Gasteiger partial charge in [0.15, 0.2) is 0 Å². The Morgan fingerprint density at radius 2 is 1.90 bits per heavy atom. The quantitative estimate of drug-likeness (QED) is 0.886. The molecule has 0 bridgehead atoms. The molecular weight excluding hydrogens is 251 g/mol. The maximum atomic E-state index is 13.9. The van der Waals surface area contributed by atoms with E-state index in [1.807, 2.05) is 13.0 Å². The van der Waals surface area contributed by atoms with Crippen LogP contribution in [0, 0.1) is 18.7 Å². The van der Waals surface area contributed by atoms with Gasteiger partial charge >= 0.3 is 0 Å². The van der Waals surface area contributed by atoms with Crippen LogP contribution >= 0.6 is 0 Å². The molecule has 2 nitrogen and oxygen atoms in total. The molecule has 0 saturated carbocycles. The van der Waals surface area contributed by atoms with Gasteiger partial charge in [-0.25, -0.2) is 4.39 Å². The van der Waals surface area contributed by atoms with E-state index in [0.717, 1.165) is 38.2 Å². The van der Waals surface area contributed by atoms with Gasteiger partial charge in [-0.2, -0.15) is 0 Å². The smallest absolute Gasteiger partial charge is 0.126 e. The van der Waals surface area contributed by atoms with Gasteiger partial charge in [0, 0.05) is 32.2 Å². The highest BCUT2D eigenvalue weighted by atomic mass is 19.1. The van der Waals surface area contributed by atoms with Gasteiger partial charge in [0.25, 0.3) is 0 Å². The highest BCUT2D eigenvalue weighted by Gasteiger charge is 2.24. The summed E-state index contributed by atoms with van der Waals surface area (Å²) in [6.45, 7) is 10.6. The van der Waals surface area contributed by atoms with E-state index in [9.17, 15) is 4.39 Å². The van der Waals surface area contributed by atoms with Crippen molar-refractivity contribution in [1.82, 2.24) is 10.2 Å². The zero-order chi connectivity index (χ0) is 14.5. The fourth-order valence-electron chi connectivity index (χ4n) is 3.00. The van der Waals surface area contributed by atoms with Crippen molar-refractivity contribution in [3.8, 4) is 0 Å². The van der Waals surface area contributed by atoms with E-state index in [4.69, 9.17) is 0 Å². The summed E-state index contributed by atoms with van der Waals surface area (Å²) in [4.78, 5) is 2.51. The summed E-state index contributed by atoms with van der Waals surface area (Å²) < 4.78 is 13.9. The van der Waals surface area contributed by atoms with Crippen molar-refractivity contribution in [1.29, 1.82) is 0 Å². The molecule has 1 aliphatic rings. The van der Waals surface area contributed by atoms with E-state index in [0.29, 0.717) is 12.0 Å². The average molecular weight is 278 g/mol. The molecule has 1 fully saturated rings. The summed E-state index contributed by atoms with van der Waals surface area (Å²) in [5, 5.41) is 3.40. The van der Waals surface area contributed by atoms with Crippen LogP contribution in [-0.4, -0.2) is 31.1 Å². The molecule has 1 aliphatic heterocycles. The predicted molar refractivity (Wildman–Crippen MR) is 82.4 cm³/mol. The number of piperazine rings is 1. The molecule has 1 aromatic carbocycles. The third-order valence-corrected chi connectivity index (χ3v) is 4.28. The van der Waals surface area contributed by atoms with E-state index in [2.05, 4.69) is 30.1 Å². The first kappa shape index (κ1) is 15.5. The lowest BCUT2D eigenvalue weighted by Crippen LogP contribution is -2.45. The topological polar surface area (TPSA) is 15.3 Å². The van der Waals surface area contributed by atoms with Crippen molar-refractivity contribution < 1.29 is 4.39 Å². The molecule has 0 amide bonds. The van der Waals surface area contributed by atoms with Crippen molar-refractivity contribution in [2.45, 2.75) is 39.7 Å². The number of rotatable bonds is 5. The van der Waals surface area contributed by atoms with E-state index in [1.165, 1.54) is 12.0 Å². The molecule has 1 aromatic rings. The van der Waals surface area contributed by atoms with E-state index >= 15 is 0 Å². The van der Waals surface area contributed by atoms with Gasteiger partial charge in [0.1, 0.15) is 5.82 Å². The molecule has 0 spiro atoms. The Morgan fingerprint density at radius 3 is 2.55 bits per heavy atom. The lowest BCUT2D eigenvalue weighted by molar-refractivity contribution is 0.159. The van der Waals surface area contributed by atoms with Crippen molar-refractivity contribution in [3.63, 3.8) is 0 Å². The molecular formula is C17H27FN2. The molecule has 0 aliphatic carbocycles. The predicted octanol–water partition coefficient (Wildman–Crippen LogP) is 3.52. The van der Waals surface area contributed by atoms with Gasteiger partial charge in [-0.15, -0.1) is 0 Å². The molecule has 1 atom stereocenters. The van der Waals surface area contributed by atoms with Crippen LogP contribution in [0.25, 0.3) is 0 Å². The van der Waals surface area contributed by atoms with Gasteiger partial charge in [-0.3, -0.25) is 4.90 Å². The Bertz CT molecular complexity index is 425. The maximum absolute atomic E-state index is 13.9. The molecule has 0 aromatic heterocycles. The van der Waals surface area contributed by atoms with E-state index < -0.39 is 0 Å². The number of nitrogens with one attached hydrogen (secondary N) is 1. The first-order valence-electron chi connectivity index (χ1n) is 7.79. The highest BCUT2D eigenvalue weighted by molar-refractivity contribution is 5.30.